The summed E-state index contributed by atoms with van der Waals surface area (Å²) < 4.78 is 0. The van der Waals surface area contributed by atoms with Crippen LogP contribution < -0.4 is 11.1 Å². The van der Waals surface area contributed by atoms with Gasteiger partial charge in [-0.15, -0.1) is 0 Å². The Morgan fingerprint density at radius 3 is 2.70 bits per heavy atom. The monoisotopic (exact) mass is 144 g/mol. The van der Waals surface area contributed by atoms with Crippen LogP contribution in [0.1, 0.15) is 19.3 Å². The quantitative estimate of drug-likeness (QED) is 0.487. The molecule has 1 heterocycles. The van der Waals surface area contributed by atoms with Gasteiger partial charge < -0.3 is 16.2 Å². The largest absolute Gasteiger partial charge is 0.395 e. The van der Waals surface area contributed by atoms with Gasteiger partial charge in [0.15, 0.2) is 0 Å². The molecule has 1 saturated heterocycles. The lowest BCUT2D eigenvalue weighted by Crippen LogP contribution is -2.47. The standard InChI is InChI=1S/C7H16N2O/c8-4-6-2-1-3-7(5-10)9-6/h6-7,9-10H,1-5,8H2/t6-,7-/m0/s1. The fourth-order valence-corrected chi connectivity index (χ4v) is 1.44. The molecule has 0 aliphatic carbocycles. The van der Waals surface area contributed by atoms with Gasteiger partial charge in [0.25, 0.3) is 0 Å². The zero-order valence-electron chi connectivity index (χ0n) is 6.21. The van der Waals surface area contributed by atoms with Crippen molar-refractivity contribution in [2.45, 2.75) is 31.3 Å². The van der Waals surface area contributed by atoms with Crippen molar-refractivity contribution >= 4 is 0 Å². The lowest BCUT2D eigenvalue weighted by molar-refractivity contribution is 0.199. The summed E-state index contributed by atoms with van der Waals surface area (Å²) >= 11 is 0. The number of hydrogen-bond acceptors (Lipinski definition) is 3. The number of aliphatic hydroxyl groups is 1. The topological polar surface area (TPSA) is 58.3 Å². The van der Waals surface area contributed by atoms with E-state index in [1.807, 2.05) is 0 Å². The van der Waals surface area contributed by atoms with Gasteiger partial charge in [0, 0.05) is 18.6 Å². The SMILES string of the molecule is NC[C@@H]1CCC[C@@H](CO)N1. The molecule has 0 saturated carbocycles. The molecular weight excluding hydrogens is 128 g/mol. The molecule has 3 heteroatoms. The highest BCUT2D eigenvalue weighted by atomic mass is 16.3. The van der Waals surface area contributed by atoms with E-state index >= 15 is 0 Å². The third-order valence-electron chi connectivity index (χ3n) is 2.08. The summed E-state index contributed by atoms with van der Waals surface area (Å²) in [6.07, 6.45) is 3.44. The zero-order valence-corrected chi connectivity index (χ0v) is 6.21. The van der Waals surface area contributed by atoms with Gasteiger partial charge in [-0.2, -0.15) is 0 Å². The average Bonchev–Trinajstić information content (AvgIpc) is 2.05. The maximum absolute atomic E-state index is 8.80. The van der Waals surface area contributed by atoms with E-state index in [0.717, 1.165) is 12.8 Å². The minimum absolute atomic E-state index is 0.247. The molecule has 0 spiro atoms. The van der Waals surface area contributed by atoms with E-state index in [-0.39, 0.29) is 6.61 Å². The van der Waals surface area contributed by atoms with Gasteiger partial charge in [0.2, 0.25) is 0 Å². The highest BCUT2D eigenvalue weighted by molar-refractivity contribution is 4.79. The van der Waals surface area contributed by atoms with E-state index in [1.54, 1.807) is 0 Å². The third kappa shape index (κ3) is 1.94. The first-order valence-corrected chi connectivity index (χ1v) is 3.93. The molecule has 1 rings (SSSR count). The van der Waals surface area contributed by atoms with Crippen LogP contribution in [0.4, 0.5) is 0 Å². The first-order chi connectivity index (χ1) is 4.86. The van der Waals surface area contributed by atoms with Crippen LogP contribution in [-0.4, -0.2) is 30.3 Å². The first-order valence-electron chi connectivity index (χ1n) is 3.93. The van der Waals surface area contributed by atoms with Crippen molar-refractivity contribution in [3.8, 4) is 0 Å². The molecule has 0 amide bonds. The molecule has 1 aliphatic heterocycles. The van der Waals surface area contributed by atoms with Crippen molar-refractivity contribution in [2.24, 2.45) is 5.73 Å². The van der Waals surface area contributed by atoms with Crippen molar-refractivity contribution in [1.82, 2.24) is 5.32 Å². The molecular formula is C7H16N2O. The van der Waals surface area contributed by atoms with E-state index in [0.29, 0.717) is 18.6 Å². The van der Waals surface area contributed by atoms with E-state index in [1.165, 1.54) is 6.42 Å². The summed E-state index contributed by atoms with van der Waals surface area (Å²) in [5.41, 5.74) is 5.48. The van der Waals surface area contributed by atoms with Gasteiger partial charge >= 0.3 is 0 Å². The van der Waals surface area contributed by atoms with Crippen molar-refractivity contribution in [2.75, 3.05) is 13.2 Å². The molecule has 1 fully saturated rings. The van der Waals surface area contributed by atoms with Gasteiger partial charge in [-0.25, -0.2) is 0 Å². The Labute approximate surface area is 61.6 Å². The molecule has 0 aromatic carbocycles. The van der Waals surface area contributed by atoms with Gasteiger partial charge in [-0.05, 0) is 12.8 Å². The second-order valence-corrected chi connectivity index (χ2v) is 2.91. The van der Waals surface area contributed by atoms with Gasteiger partial charge in [-0.3, -0.25) is 0 Å². The number of rotatable bonds is 2. The van der Waals surface area contributed by atoms with Crippen LogP contribution in [0.2, 0.25) is 0 Å². The van der Waals surface area contributed by atoms with Crippen LogP contribution in [0.5, 0.6) is 0 Å². The Morgan fingerprint density at radius 1 is 1.40 bits per heavy atom. The molecule has 2 atom stereocenters. The van der Waals surface area contributed by atoms with Crippen molar-refractivity contribution in [1.29, 1.82) is 0 Å². The summed E-state index contributed by atoms with van der Waals surface area (Å²) in [6, 6.07) is 0.730. The van der Waals surface area contributed by atoms with Gasteiger partial charge in [-0.1, -0.05) is 6.42 Å². The molecule has 3 nitrogen and oxygen atoms in total. The van der Waals surface area contributed by atoms with E-state index < -0.39 is 0 Å². The minimum atomic E-state index is 0.247. The van der Waals surface area contributed by atoms with Crippen molar-refractivity contribution < 1.29 is 5.11 Å². The Bertz CT molecular complexity index is 87.6. The van der Waals surface area contributed by atoms with Crippen LogP contribution in [-0.2, 0) is 0 Å². The number of nitrogens with two attached hydrogens (primary N) is 1. The Morgan fingerprint density at radius 2 is 2.10 bits per heavy atom. The number of hydrogen-bond donors (Lipinski definition) is 3. The highest BCUT2D eigenvalue weighted by Crippen LogP contribution is 2.10. The predicted molar refractivity (Wildman–Crippen MR) is 40.7 cm³/mol. The van der Waals surface area contributed by atoms with Crippen LogP contribution in [0.15, 0.2) is 0 Å². The van der Waals surface area contributed by atoms with E-state index in [9.17, 15) is 0 Å². The Balaban J connectivity index is 2.25. The Hall–Kier alpha value is -0.120. The van der Waals surface area contributed by atoms with Crippen LogP contribution in [0, 0.1) is 0 Å². The molecule has 0 unspecified atom stereocenters. The lowest BCUT2D eigenvalue weighted by atomic mass is 9.99. The average molecular weight is 144 g/mol. The predicted octanol–water partition coefficient (Wildman–Crippen LogP) is -0.552. The Kier molecular flexibility index (Phi) is 3.12. The summed E-state index contributed by atoms with van der Waals surface area (Å²) in [6.45, 7) is 0.938. The van der Waals surface area contributed by atoms with Crippen LogP contribution in [0.3, 0.4) is 0 Å². The van der Waals surface area contributed by atoms with E-state index in [2.05, 4.69) is 5.32 Å². The molecule has 60 valence electrons. The van der Waals surface area contributed by atoms with Crippen molar-refractivity contribution in [3.63, 3.8) is 0 Å². The lowest BCUT2D eigenvalue weighted by Gasteiger charge is -2.28. The summed E-state index contributed by atoms with van der Waals surface area (Å²) in [7, 11) is 0. The molecule has 0 radical (unpaired) electrons. The fourth-order valence-electron chi connectivity index (χ4n) is 1.44. The van der Waals surface area contributed by atoms with E-state index in [4.69, 9.17) is 10.8 Å². The summed E-state index contributed by atoms with van der Waals surface area (Å²) in [4.78, 5) is 0. The molecule has 0 aromatic rings. The molecule has 0 bridgehead atoms. The maximum atomic E-state index is 8.80. The smallest absolute Gasteiger partial charge is 0.0584 e. The second-order valence-electron chi connectivity index (χ2n) is 2.91. The van der Waals surface area contributed by atoms with Gasteiger partial charge in [0.05, 0.1) is 6.61 Å². The van der Waals surface area contributed by atoms with Crippen LogP contribution >= 0.6 is 0 Å². The molecule has 4 N–H and O–H groups in total. The summed E-state index contributed by atoms with van der Waals surface area (Å²) in [5, 5.41) is 12.1. The van der Waals surface area contributed by atoms with Crippen molar-refractivity contribution in [3.05, 3.63) is 0 Å². The zero-order chi connectivity index (χ0) is 7.40. The minimum Gasteiger partial charge on any atom is -0.395 e. The second kappa shape index (κ2) is 3.91. The molecule has 10 heavy (non-hydrogen) atoms. The third-order valence-corrected chi connectivity index (χ3v) is 2.08. The highest BCUT2D eigenvalue weighted by Gasteiger charge is 2.18. The van der Waals surface area contributed by atoms with Gasteiger partial charge in [0.1, 0.15) is 0 Å². The molecule has 0 aromatic heterocycles. The number of nitrogens with one attached hydrogen (secondary N) is 1. The molecule has 1 aliphatic rings. The first kappa shape index (κ1) is 7.98. The van der Waals surface area contributed by atoms with Crippen LogP contribution in [0.25, 0.3) is 0 Å². The maximum Gasteiger partial charge on any atom is 0.0584 e. The normalized spacial score (nSPS) is 34.2. The number of piperidine rings is 1. The summed E-state index contributed by atoms with van der Waals surface area (Å²) in [5.74, 6) is 0. The number of aliphatic hydroxyl groups excluding tert-OH is 1. The fraction of sp³-hybridized carbons (Fsp3) is 1.00.